The predicted molar refractivity (Wildman–Crippen MR) is 81.2 cm³/mol. The lowest BCUT2D eigenvalue weighted by molar-refractivity contribution is -0.118. The van der Waals surface area contributed by atoms with Gasteiger partial charge in [0.1, 0.15) is 5.75 Å². The largest absolute Gasteiger partial charge is 0.496 e. The van der Waals surface area contributed by atoms with Gasteiger partial charge in [0.2, 0.25) is 0 Å². The molecule has 110 valence electrons. The maximum atomic E-state index is 12.7. The Balaban J connectivity index is 2.27. The van der Waals surface area contributed by atoms with Crippen molar-refractivity contribution in [3.63, 3.8) is 0 Å². The van der Waals surface area contributed by atoms with Gasteiger partial charge in [-0.15, -0.1) is 0 Å². The van der Waals surface area contributed by atoms with Crippen LogP contribution in [-0.2, 0) is 4.74 Å². The zero-order chi connectivity index (χ0) is 14.9. The molecular weight excluding hydrogens is 322 g/mol. The molecule has 20 heavy (non-hydrogen) atoms. The predicted octanol–water partition coefficient (Wildman–Crippen LogP) is 3.10. The molecule has 0 radical (unpaired) electrons. The summed E-state index contributed by atoms with van der Waals surface area (Å²) in [5.41, 5.74) is 0.260. The molecule has 1 aromatic rings. The third-order valence-electron chi connectivity index (χ3n) is 3.25. The van der Waals surface area contributed by atoms with Crippen molar-refractivity contribution in [3.05, 3.63) is 28.2 Å². The average Bonchev–Trinajstić information content (AvgIpc) is 2.35. The summed E-state index contributed by atoms with van der Waals surface area (Å²) in [5, 5.41) is 0. The van der Waals surface area contributed by atoms with E-state index >= 15 is 0 Å². The van der Waals surface area contributed by atoms with Crippen molar-refractivity contribution in [2.75, 3.05) is 20.2 Å². The van der Waals surface area contributed by atoms with Gasteiger partial charge in [-0.05, 0) is 39.0 Å². The second-order valence-electron chi connectivity index (χ2n) is 5.72. The zero-order valence-corrected chi connectivity index (χ0v) is 13.9. The standard InChI is InChI=1S/C15H20BrNO3/c1-10-8-17(9-15(2,3)20-10)14(18)12-6-5-11(16)7-13(12)19-4/h5-7,10H,8-9H2,1-4H3. The second-order valence-corrected chi connectivity index (χ2v) is 6.63. The second kappa shape index (κ2) is 5.74. The summed E-state index contributed by atoms with van der Waals surface area (Å²) < 4.78 is 12.0. The van der Waals surface area contributed by atoms with E-state index in [1.807, 2.05) is 37.8 Å². The van der Waals surface area contributed by atoms with E-state index in [0.29, 0.717) is 24.4 Å². The van der Waals surface area contributed by atoms with Crippen LogP contribution in [0.3, 0.4) is 0 Å². The number of methoxy groups -OCH3 is 1. The number of hydrogen-bond acceptors (Lipinski definition) is 3. The first-order valence-corrected chi connectivity index (χ1v) is 7.42. The fourth-order valence-electron chi connectivity index (χ4n) is 2.62. The Kier molecular flexibility index (Phi) is 4.39. The third-order valence-corrected chi connectivity index (χ3v) is 3.74. The molecule has 1 aliphatic heterocycles. The molecule has 1 amide bonds. The maximum Gasteiger partial charge on any atom is 0.257 e. The van der Waals surface area contributed by atoms with E-state index < -0.39 is 0 Å². The summed E-state index contributed by atoms with van der Waals surface area (Å²) in [5.74, 6) is 0.568. The fraction of sp³-hybridized carbons (Fsp3) is 0.533. The van der Waals surface area contributed by atoms with Crippen molar-refractivity contribution in [2.24, 2.45) is 0 Å². The van der Waals surface area contributed by atoms with Crippen LogP contribution in [0.2, 0.25) is 0 Å². The van der Waals surface area contributed by atoms with Gasteiger partial charge in [0.05, 0.1) is 24.4 Å². The summed E-state index contributed by atoms with van der Waals surface area (Å²) in [6, 6.07) is 5.45. The highest BCUT2D eigenvalue weighted by Crippen LogP contribution is 2.27. The number of ether oxygens (including phenoxy) is 2. The highest BCUT2D eigenvalue weighted by molar-refractivity contribution is 9.10. The quantitative estimate of drug-likeness (QED) is 0.829. The minimum atomic E-state index is -0.323. The number of halogens is 1. The van der Waals surface area contributed by atoms with E-state index in [1.165, 1.54) is 0 Å². The Bertz CT molecular complexity index is 516. The SMILES string of the molecule is COc1cc(Br)ccc1C(=O)N1CC(C)OC(C)(C)C1. The minimum absolute atomic E-state index is 0.0161. The van der Waals surface area contributed by atoms with Crippen LogP contribution in [0.15, 0.2) is 22.7 Å². The van der Waals surface area contributed by atoms with Crippen LogP contribution in [-0.4, -0.2) is 42.7 Å². The van der Waals surface area contributed by atoms with Gasteiger partial charge < -0.3 is 14.4 Å². The Morgan fingerprint density at radius 2 is 2.20 bits per heavy atom. The van der Waals surface area contributed by atoms with Gasteiger partial charge in [0.25, 0.3) is 5.91 Å². The Hall–Kier alpha value is -1.07. The van der Waals surface area contributed by atoms with Crippen LogP contribution >= 0.6 is 15.9 Å². The van der Waals surface area contributed by atoms with Gasteiger partial charge in [0, 0.05) is 17.6 Å². The summed E-state index contributed by atoms with van der Waals surface area (Å²) >= 11 is 3.38. The molecule has 1 unspecified atom stereocenters. The van der Waals surface area contributed by atoms with Crippen molar-refractivity contribution in [3.8, 4) is 5.75 Å². The highest BCUT2D eigenvalue weighted by atomic mass is 79.9. The molecular formula is C15H20BrNO3. The molecule has 1 fully saturated rings. The highest BCUT2D eigenvalue weighted by Gasteiger charge is 2.34. The molecule has 4 nitrogen and oxygen atoms in total. The van der Waals surface area contributed by atoms with Crippen LogP contribution in [0, 0.1) is 0 Å². The summed E-state index contributed by atoms with van der Waals surface area (Å²) in [4.78, 5) is 14.5. The van der Waals surface area contributed by atoms with E-state index in [2.05, 4.69) is 15.9 Å². The fourth-order valence-corrected chi connectivity index (χ4v) is 2.96. The van der Waals surface area contributed by atoms with E-state index in [-0.39, 0.29) is 17.6 Å². The Morgan fingerprint density at radius 1 is 1.50 bits per heavy atom. The molecule has 0 aliphatic carbocycles. The molecule has 2 rings (SSSR count). The van der Waals surface area contributed by atoms with E-state index in [1.54, 1.807) is 13.2 Å². The Labute approximate surface area is 128 Å². The topological polar surface area (TPSA) is 38.8 Å². The molecule has 0 spiro atoms. The normalized spacial score (nSPS) is 21.6. The van der Waals surface area contributed by atoms with Crippen molar-refractivity contribution >= 4 is 21.8 Å². The lowest BCUT2D eigenvalue weighted by Gasteiger charge is -2.41. The first-order chi connectivity index (χ1) is 9.32. The molecule has 1 atom stereocenters. The van der Waals surface area contributed by atoms with Gasteiger partial charge in [-0.25, -0.2) is 0 Å². The third kappa shape index (κ3) is 3.33. The summed E-state index contributed by atoms with van der Waals surface area (Å²) in [6.07, 6.45) is 0.0316. The number of rotatable bonds is 2. The smallest absolute Gasteiger partial charge is 0.257 e. The number of amides is 1. The van der Waals surface area contributed by atoms with Gasteiger partial charge in [-0.2, -0.15) is 0 Å². The molecule has 1 aliphatic rings. The van der Waals surface area contributed by atoms with E-state index in [0.717, 1.165) is 4.47 Å². The molecule has 1 saturated heterocycles. The number of carbonyl (C=O) groups is 1. The van der Waals surface area contributed by atoms with E-state index in [9.17, 15) is 4.79 Å². The average molecular weight is 342 g/mol. The first kappa shape index (κ1) is 15.3. The van der Waals surface area contributed by atoms with Gasteiger partial charge in [-0.1, -0.05) is 15.9 Å². The van der Waals surface area contributed by atoms with Crippen LogP contribution in [0.5, 0.6) is 5.75 Å². The van der Waals surface area contributed by atoms with Gasteiger partial charge >= 0.3 is 0 Å². The van der Waals surface area contributed by atoms with Crippen molar-refractivity contribution in [1.82, 2.24) is 4.90 Å². The molecule has 0 saturated carbocycles. The molecule has 0 aromatic heterocycles. The van der Waals surface area contributed by atoms with Crippen molar-refractivity contribution in [2.45, 2.75) is 32.5 Å². The number of morpholine rings is 1. The molecule has 1 heterocycles. The number of hydrogen-bond donors (Lipinski definition) is 0. The molecule has 1 aromatic carbocycles. The van der Waals surface area contributed by atoms with Gasteiger partial charge in [0.15, 0.2) is 0 Å². The lowest BCUT2D eigenvalue weighted by Crippen LogP contribution is -2.53. The summed E-state index contributed by atoms with van der Waals surface area (Å²) in [7, 11) is 1.57. The number of nitrogens with zero attached hydrogens (tertiary/aromatic N) is 1. The molecule has 5 heteroatoms. The molecule has 0 bridgehead atoms. The first-order valence-electron chi connectivity index (χ1n) is 6.63. The van der Waals surface area contributed by atoms with E-state index in [4.69, 9.17) is 9.47 Å². The maximum absolute atomic E-state index is 12.7. The monoisotopic (exact) mass is 341 g/mol. The lowest BCUT2D eigenvalue weighted by atomic mass is 10.0. The number of carbonyl (C=O) groups excluding carboxylic acids is 1. The summed E-state index contributed by atoms with van der Waals surface area (Å²) in [6.45, 7) is 7.17. The van der Waals surface area contributed by atoms with Crippen molar-refractivity contribution < 1.29 is 14.3 Å². The van der Waals surface area contributed by atoms with Gasteiger partial charge in [-0.3, -0.25) is 4.79 Å². The molecule has 0 N–H and O–H groups in total. The Morgan fingerprint density at radius 3 is 2.80 bits per heavy atom. The van der Waals surface area contributed by atoms with Crippen LogP contribution in [0.1, 0.15) is 31.1 Å². The number of benzene rings is 1. The van der Waals surface area contributed by atoms with Crippen molar-refractivity contribution in [1.29, 1.82) is 0 Å². The van der Waals surface area contributed by atoms with Crippen LogP contribution < -0.4 is 4.74 Å². The van der Waals surface area contributed by atoms with Crippen LogP contribution in [0.25, 0.3) is 0 Å². The van der Waals surface area contributed by atoms with Crippen LogP contribution in [0.4, 0.5) is 0 Å². The minimum Gasteiger partial charge on any atom is -0.496 e. The zero-order valence-electron chi connectivity index (χ0n) is 12.3.